The van der Waals surface area contributed by atoms with Gasteiger partial charge in [-0.05, 0) is 57.6 Å². The molecule has 1 aromatic carbocycles. The number of nitrogens with one attached hydrogen (secondary N) is 1. The lowest BCUT2D eigenvalue weighted by Crippen LogP contribution is -2.65. The van der Waals surface area contributed by atoms with Crippen LogP contribution in [0.3, 0.4) is 0 Å². The van der Waals surface area contributed by atoms with Crippen molar-refractivity contribution in [3.63, 3.8) is 0 Å². The lowest BCUT2D eigenvalue weighted by atomic mass is 9.77. The molecule has 4 rings (SSSR count). The van der Waals surface area contributed by atoms with E-state index in [1.807, 2.05) is 49.6 Å². The Hall–Kier alpha value is -2.41. The smallest absolute Gasteiger partial charge is 0.290 e. The number of hydrogen-bond acceptors (Lipinski definition) is 4. The first-order valence-corrected chi connectivity index (χ1v) is 12.4. The summed E-state index contributed by atoms with van der Waals surface area (Å²) in [6.07, 6.45) is 4.12. The Kier molecular flexibility index (Phi) is 6.80. The van der Waals surface area contributed by atoms with E-state index in [-0.39, 0.29) is 24.0 Å². The summed E-state index contributed by atoms with van der Waals surface area (Å²) in [7, 11) is 0. The van der Waals surface area contributed by atoms with E-state index in [9.17, 15) is 9.59 Å². The molecule has 7 nitrogen and oxygen atoms in total. The van der Waals surface area contributed by atoms with Crippen molar-refractivity contribution >= 4 is 22.8 Å². The van der Waals surface area contributed by atoms with Gasteiger partial charge in [0.05, 0.1) is 23.7 Å². The van der Waals surface area contributed by atoms with Crippen LogP contribution in [0, 0.1) is 11.8 Å². The molecule has 1 fully saturated rings. The van der Waals surface area contributed by atoms with Gasteiger partial charge in [0, 0.05) is 19.2 Å². The molecule has 1 aliphatic heterocycles. The molecular formula is C26H38N4O3. The summed E-state index contributed by atoms with van der Waals surface area (Å²) >= 11 is 0. The van der Waals surface area contributed by atoms with E-state index >= 15 is 0 Å². The molecule has 2 aliphatic rings. The minimum atomic E-state index is -0.994. The Balaban J connectivity index is 1.64. The molecule has 1 saturated carbocycles. The van der Waals surface area contributed by atoms with Crippen molar-refractivity contribution in [1.82, 2.24) is 19.8 Å². The second-order valence-corrected chi connectivity index (χ2v) is 10.4. The third-order valence-corrected chi connectivity index (χ3v) is 7.64. The number of ether oxygens (including phenoxy) is 1. The Morgan fingerprint density at radius 1 is 1.27 bits per heavy atom. The number of nitrogens with zero attached hydrogens (tertiary/aromatic N) is 3. The van der Waals surface area contributed by atoms with Gasteiger partial charge in [-0.15, -0.1) is 0 Å². The highest BCUT2D eigenvalue weighted by Crippen LogP contribution is 2.33. The molecule has 180 valence electrons. The second kappa shape index (κ2) is 9.45. The van der Waals surface area contributed by atoms with Gasteiger partial charge in [-0.2, -0.15) is 0 Å². The highest BCUT2D eigenvalue weighted by atomic mass is 16.5. The van der Waals surface area contributed by atoms with Crippen LogP contribution in [0.15, 0.2) is 24.3 Å². The van der Waals surface area contributed by atoms with Crippen LogP contribution in [0.2, 0.25) is 0 Å². The van der Waals surface area contributed by atoms with Gasteiger partial charge in [-0.1, -0.05) is 38.8 Å². The lowest BCUT2D eigenvalue weighted by Gasteiger charge is -2.45. The minimum absolute atomic E-state index is 0.0741. The summed E-state index contributed by atoms with van der Waals surface area (Å²) in [4.78, 5) is 33.8. The summed E-state index contributed by atoms with van der Waals surface area (Å²) in [5, 5.41) is 3.34. The van der Waals surface area contributed by atoms with Crippen molar-refractivity contribution in [3.05, 3.63) is 30.1 Å². The fourth-order valence-electron chi connectivity index (χ4n) is 5.33. The molecular weight excluding hydrogens is 416 g/mol. The van der Waals surface area contributed by atoms with Crippen LogP contribution < -0.4 is 5.32 Å². The molecule has 1 aromatic heterocycles. The quantitative estimate of drug-likeness (QED) is 0.642. The van der Waals surface area contributed by atoms with Crippen molar-refractivity contribution in [2.24, 2.45) is 11.8 Å². The normalized spacial score (nSPS) is 27.8. The molecule has 0 spiro atoms. The first-order valence-electron chi connectivity index (χ1n) is 12.4. The number of imidazole rings is 1. The maximum absolute atomic E-state index is 13.8. The Labute approximate surface area is 196 Å². The number of rotatable bonds is 7. The van der Waals surface area contributed by atoms with Crippen LogP contribution >= 0.6 is 0 Å². The zero-order valence-corrected chi connectivity index (χ0v) is 20.6. The number of fused-ring (bicyclic) bond motifs is 3. The molecule has 2 heterocycles. The molecule has 4 atom stereocenters. The van der Waals surface area contributed by atoms with E-state index in [0.29, 0.717) is 43.8 Å². The van der Waals surface area contributed by atoms with Gasteiger partial charge < -0.3 is 19.5 Å². The topological polar surface area (TPSA) is 76.5 Å². The predicted octanol–water partition coefficient (Wildman–Crippen LogP) is 4.01. The van der Waals surface area contributed by atoms with E-state index < -0.39 is 5.54 Å². The first-order chi connectivity index (χ1) is 15.7. The van der Waals surface area contributed by atoms with Crippen LogP contribution in [0.4, 0.5) is 0 Å². The van der Waals surface area contributed by atoms with Crippen molar-refractivity contribution in [2.75, 3.05) is 13.2 Å². The Morgan fingerprint density at radius 2 is 2.03 bits per heavy atom. The molecule has 0 bridgehead atoms. The average molecular weight is 455 g/mol. The zero-order chi connectivity index (χ0) is 23.8. The van der Waals surface area contributed by atoms with E-state index in [1.54, 1.807) is 4.90 Å². The largest absolute Gasteiger partial charge is 0.379 e. The standard InChI is InChI=1S/C26H38N4O3/c1-17(2)33-15-9-14-30-24(31)23-27-21-11-6-7-13-22(21)29(23)16-26(30,5)25(32)28-20-12-8-10-18(3)19(20)4/h6-7,11,13,17-20H,8-10,12,14-16H2,1-5H3,(H,28,32)/t18-,19+,20+,26+/m0/s1. The Morgan fingerprint density at radius 3 is 2.79 bits per heavy atom. The van der Waals surface area contributed by atoms with E-state index in [0.717, 1.165) is 23.9 Å². The maximum atomic E-state index is 13.8. The molecule has 2 aromatic rings. The summed E-state index contributed by atoms with van der Waals surface area (Å²) in [6.45, 7) is 11.8. The summed E-state index contributed by atoms with van der Waals surface area (Å²) in [5.74, 6) is 1.15. The summed E-state index contributed by atoms with van der Waals surface area (Å²) < 4.78 is 7.62. The minimum Gasteiger partial charge on any atom is -0.379 e. The molecule has 0 unspecified atom stereocenters. The SMILES string of the molecule is CC(C)OCCCN1C(=O)c2nc3ccccc3n2C[C@]1(C)C(=O)N[C@@H]1CCC[C@H](C)[C@H]1C. The number of benzene rings is 1. The van der Waals surface area contributed by atoms with Gasteiger partial charge in [-0.25, -0.2) is 4.98 Å². The fraction of sp³-hybridized carbons (Fsp3) is 0.654. The van der Waals surface area contributed by atoms with Crippen LogP contribution in [0.5, 0.6) is 0 Å². The number of aromatic nitrogens is 2. The van der Waals surface area contributed by atoms with Gasteiger partial charge in [0.25, 0.3) is 5.91 Å². The third kappa shape index (κ3) is 4.52. The Bertz CT molecular complexity index is 1020. The highest BCUT2D eigenvalue weighted by Gasteiger charge is 2.49. The zero-order valence-electron chi connectivity index (χ0n) is 20.6. The number of carbonyl (C=O) groups is 2. The van der Waals surface area contributed by atoms with Gasteiger partial charge >= 0.3 is 0 Å². The third-order valence-electron chi connectivity index (χ3n) is 7.64. The van der Waals surface area contributed by atoms with Gasteiger partial charge in [0.1, 0.15) is 5.54 Å². The number of amides is 2. The number of para-hydroxylation sites is 2. The molecule has 0 radical (unpaired) electrons. The summed E-state index contributed by atoms with van der Waals surface area (Å²) in [6, 6.07) is 7.89. The molecule has 33 heavy (non-hydrogen) atoms. The van der Waals surface area contributed by atoms with E-state index in [2.05, 4.69) is 24.1 Å². The van der Waals surface area contributed by atoms with Crippen LogP contribution in [-0.4, -0.2) is 57.1 Å². The fourth-order valence-corrected chi connectivity index (χ4v) is 5.33. The maximum Gasteiger partial charge on any atom is 0.290 e. The predicted molar refractivity (Wildman–Crippen MR) is 129 cm³/mol. The van der Waals surface area contributed by atoms with Crippen LogP contribution in [-0.2, 0) is 16.1 Å². The van der Waals surface area contributed by atoms with E-state index in [4.69, 9.17) is 4.74 Å². The highest BCUT2D eigenvalue weighted by molar-refractivity contribution is 6.01. The first kappa shape index (κ1) is 23.7. The van der Waals surface area contributed by atoms with Crippen molar-refractivity contribution < 1.29 is 14.3 Å². The number of hydrogen-bond donors (Lipinski definition) is 1. The van der Waals surface area contributed by atoms with Crippen LogP contribution in [0.1, 0.15) is 70.9 Å². The van der Waals surface area contributed by atoms with Crippen molar-refractivity contribution in [2.45, 2.75) is 84.5 Å². The monoisotopic (exact) mass is 454 g/mol. The molecule has 0 saturated heterocycles. The van der Waals surface area contributed by atoms with Gasteiger partial charge in [-0.3, -0.25) is 9.59 Å². The average Bonchev–Trinajstić information content (AvgIpc) is 3.14. The van der Waals surface area contributed by atoms with Crippen molar-refractivity contribution in [3.8, 4) is 0 Å². The van der Waals surface area contributed by atoms with E-state index in [1.165, 1.54) is 6.42 Å². The van der Waals surface area contributed by atoms with Crippen molar-refractivity contribution in [1.29, 1.82) is 0 Å². The second-order valence-electron chi connectivity index (χ2n) is 10.4. The molecule has 1 N–H and O–H groups in total. The van der Waals surface area contributed by atoms with Gasteiger partial charge in [0.2, 0.25) is 5.91 Å². The summed E-state index contributed by atoms with van der Waals surface area (Å²) in [5.41, 5.74) is 0.678. The number of carbonyl (C=O) groups excluding carboxylic acids is 2. The molecule has 7 heteroatoms. The van der Waals surface area contributed by atoms with Crippen LogP contribution in [0.25, 0.3) is 11.0 Å². The molecule has 1 aliphatic carbocycles. The van der Waals surface area contributed by atoms with Gasteiger partial charge in [0.15, 0.2) is 5.82 Å². The lowest BCUT2D eigenvalue weighted by molar-refractivity contribution is -0.134. The molecule has 2 amide bonds.